The van der Waals surface area contributed by atoms with Crippen LogP contribution < -0.4 is 16.6 Å². The summed E-state index contributed by atoms with van der Waals surface area (Å²) >= 11 is 0. The lowest BCUT2D eigenvalue weighted by Gasteiger charge is -2.10. The molecule has 22 heavy (non-hydrogen) atoms. The third-order valence-corrected chi connectivity index (χ3v) is 3.71. The van der Waals surface area contributed by atoms with Crippen molar-refractivity contribution in [1.29, 1.82) is 0 Å². The van der Waals surface area contributed by atoms with Gasteiger partial charge in [0.1, 0.15) is 5.82 Å². The zero-order valence-corrected chi connectivity index (χ0v) is 12.1. The van der Waals surface area contributed by atoms with Crippen LogP contribution in [-0.4, -0.2) is 11.6 Å². The van der Waals surface area contributed by atoms with Gasteiger partial charge in [0.05, 0.1) is 11.1 Å². The molecule has 3 rings (SSSR count). The number of fused-ring (bicyclic) bond motifs is 1. The number of pyridine rings is 1. The summed E-state index contributed by atoms with van der Waals surface area (Å²) in [5.41, 5.74) is 7.40. The molecule has 0 aliphatic rings. The monoisotopic (exact) mass is 297 g/mol. The fourth-order valence-electron chi connectivity index (χ4n) is 2.45. The second-order valence-corrected chi connectivity index (χ2v) is 5.03. The molecule has 0 saturated heterocycles. The molecule has 4 nitrogen and oxygen atoms in total. The summed E-state index contributed by atoms with van der Waals surface area (Å²) < 4.78 is 15.4. The number of benzene rings is 2. The summed E-state index contributed by atoms with van der Waals surface area (Å²) in [4.78, 5) is 12.6. The van der Waals surface area contributed by atoms with Crippen molar-refractivity contribution >= 4 is 16.5 Å². The summed E-state index contributed by atoms with van der Waals surface area (Å²) in [5.74, 6) is -0.441. The molecule has 0 bridgehead atoms. The van der Waals surface area contributed by atoms with E-state index in [0.29, 0.717) is 23.0 Å². The van der Waals surface area contributed by atoms with Crippen LogP contribution in [0.5, 0.6) is 0 Å². The lowest BCUT2D eigenvalue weighted by Crippen LogP contribution is -2.18. The lowest BCUT2D eigenvalue weighted by atomic mass is 10.1. The Morgan fingerprint density at radius 3 is 2.55 bits per heavy atom. The Balaban J connectivity index is 2.19. The number of anilines is 1. The SMILES string of the molecule is CNc1cc2ccn(-c3ccc(CN)cc3)c(=O)c2cc1F. The minimum absolute atomic E-state index is 0.250. The van der Waals surface area contributed by atoms with E-state index in [0.717, 1.165) is 11.3 Å². The van der Waals surface area contributed by atoms with E-state index < -0.39 is 5.82 Å². The van der Waals surface area contributed by atoms with Gasteiger partial charge in [0.25, 0.3) is 5.56 Å². The van der Waals surface area contributed by atoms with Gasteiger partial charge >= 0.3 is 0 Å². The van der Waals surface area contributed by atoms with Crippen molar-refractivity contribution in [2.75, 3.05) is 12.4 Å². The van der Waals surface area contributed by atoms with E-state index in [1.807, 2.05) is 24.3 Å². The maximum atomic E-state index is 13.9. The summed E-state index contributed by atoms with van der Waals surface area (Å²) in [6.07, 6.45) is 1.69. The molecule has 3 N–H and O–H groups in total. The molecule has 0 aliphatic heterocycles. The van der Waals surface area contributed by atoms with E-state index in [2.05, 4.69) is 5.32 Å². The van der Waals surface area contributed by atoms with Gasteiger partial charge in [-0.15, -0.1) is 0 Å². The van der Waals surface area contributed by atoms with Crippen LogP contribution in [0.2, 0.25) is 0 Å². The van der Waals surface area contributed by atoms with Crippen molar-refractivity contribution in [1.82, 2.24) is 4.57 Å². The number of halogens is 1. The van der Waals surface area contributed by atoms with E-state index in [4.69, 9.17) is 5.73 Å². The summed E-state index contributed by atoms with van der Waals surface area (Å²) in [6.45, 7) is 0.449. The Hall–Kier alpha value is -2.66. The lowest BCUT2D eigenvalue weighted by molar-refractivity contribution is 0.633. The molecular weight excluding hydrogens is 281 g/mol. The highest BCUT2D eigenvalue weighted by molar-refractivity contribution is 5.85. The zero-order chi connectivity index (χ0) is 15.7. The Morgan fingerprint density at radius 2 is 1.91 bits per heavy atom. The number of nitrogens with two attached hydrogens (primary N) is 1. The van der Waals surface area contributed by atoms with E-state index in [1.54, 1.807) is 25.4 Å². The molecule has 0 atom stereocenters. The molecule has 1 aromatic heterocycles. The molecule has 0 amide bonds. The quantitative estimate of drug-likeness (QED) is 0.781. The highest BCUT2D eigenvalue weighted by Gasteiger charge is 2.09. The summed E-state index contributed by atoms with van der Waals surface area (Å²) in [5, 5.41) is 3.82. The molecule has 0 radical (unpaired) electrons. The molecule has 1 heterocycles. The molecule has 3 aromatic rings. The average Bonchev–Trinajstić information content (AvgIpc) is 2.55. The van der Waals surface area contributed by atoms with Crippen molar-refractivity contribution < 1.29 is 4.39 Å². The van der Waals surface area contributed by atoms with Crippen LogP contribution in [0.25, 0.3) is 16.5 Å². The largest absolute Gasteiger partial charge is 0.386 e. The van der Waals surface area contributed by atoms with Gasteiger partial charge in [-0.25, -0.2) is 4.39 Å². The van der Waals surface area contributed by atoms with Gasteiger partial charge in [-0.1, -0.05) is 12.1 Å². The second kappa shape index (κ2) is 5.61. The number of hydrogen-bond donors (Lipinski definition) is 2. The number of aromatic nitrogens is 1. The molecule has 0 fully saturated rings. The number of nitrogens with zero attached hydrogens (tertiary/aromatic N) is 1. The first-order valence-electron chi connectivity index (χ1n) is 6.96. The topological polar surface area (TPSA) is 60.1 Å². The van der Waals surface area contributed by atoms with E-state index in [-0.39, 0.29) is 5.56 Å². The molecule has 5 heteroatoms. The number of hydrogen-bond acceptors (Lipinski definition) is 3. The van der Waals surface area contributed by atoms with Crippen LogP contribution in [0, 0.1) is 5.82 Å². The van der Waals surface area contributed by atoms with Crippen LogP contribution in [-0.2, 0) is 6.54 Å². The maximum absolute atomic E-state index is 13.9. The normalized spacial score (nSPS) is 10.9. The number of rotatable bonds is 3. The smallest absolute Gasteiger partial charge is 0.263 e. The van der Waals surface area contributed by atoms with E-state index in [9.17, 15) is 9.18 Å². The average molecular weight is 297 g/mol. The van der Waals surface area contributed by atoms with Gasteiger partial charge in [-0.2, -0.15) is 0 Å². The third kappa shape index (κ3) is 2.35. The van der Waals surface area contributed by atoms with Crippen molar-refractivity contribution in [2.24, 2.45) is 5.73 Å². The van der Waals surface area contributed by atoms with Gasteiger partial charge in [-0.3, -0.25) is 9.36 Å². The van der Waals surface area contributed by atoms with Crippen molar-refractivity contribution in [2.45, 2.75) is 6.54 Å². The minimum Gasteiger partial charge on any atom is -0.386 e. The van der Waals surface area contributed by atoms with Crippen molar-refractivity contribution in [3.63, 3.8) is 0 Å². The third-order valence-electron chi connectivity index (χ3n) is 3.71. The van der Waals surface area contributed by atoms with Gasteiger partial charge in [0.2, 0.25) is 0 Å². The molecule has 0 unspecified atom stereocenters. The summed E-state index contributed by atoms with van der Waals surface area (Å²) in [7, 11) is 1.64. The first kappa shape index (κ1) is 14.3. The molecule has 112 valence electrons. The van der Waals surface area contributed by atoms with Gasteiger partial charge < -0.3 is 11.1 Å². The molecule has 0 spiro atoms. The van der Waals surface area contributed by atoms with Crippen LogP contribution in [0.4, 0.5) is 10.1 Å². The van der Waals surface area contributed by atoms with Crippen LogP contribution in [0.15, 0.2) is 53.5 Å². The molecule has 2 aromatic carbocycles. The van der Waals surface area contributed by atoms with E-state index >= 15 is 0 Å². The Bertz CT molecular complexity index is 885. The first-order valence-corrected chi connectivity index (χ1v) is 6.96. The van der Waals surface area contributed by atoms with Crippen LogP contribution >= 0.6 is 0 Å². The van der Waals surface area contributed by atoms with Crippen LogP contribution in [0.1, 0.15) is 5.56 Å². The fraction of sp³-hybridized carbons (Fsp3) is 0.118. The highest BCUT2D eigenvalue weighted by atomic mass is 19.1. The van der Waals surface area contributed by atoms with E-state index in [1.165, 1.54) is 10.6 Å². The van der Waals surface area contributed by atoms with Crippen LogP contribution in [0.3, 0.4) is 0 Å². The fourth-order valence-corrected chi connectivity index (χ4v) is 2.45. The predicted molar refractivity (Wildman–Crippen MR) is 86.9 cm³/mol. The Morgan fingerprint density at radius 1 is 1.18 bits per heavy atom. The Kier molecular flexibility index (Phi) is 3.65. The predicted octanol–water partition coefficient (Wildman–Crippen LogP) is 2.63. The molecular formula is C17H16FN3O. The number of nitrogens with one attached hydrogen (secondary N) is 1. The van der Waals surface area contributed by atoms with Gasteiger partial charge in [-0.05, 0) is 41.3 Å². The highest BCUT2D eigenvalue weighted by Crippen LogP contribution is 2.21. The van der Waals surface area contributed by atoms with Gasteiger partial charge in [0, 0.05) is 25.5 Å². The Labute approximate surface area is 127 Å². The van der Waals surface area contributed by atoms with Crippen molar-refractivity contribution in [3.05, 3.63) is 70.4 Å². The second-order valence-electron chi connectivity index (χ2n) is 5.03. The maximum Gasteiger partial charge on any atom is 0.263 e. The summed E-state index contributed by atoms with van der Waals surface area (Å²) in [6, 6.07) is 12.1. The standard InChI is InChI=1S/C17H16FN3O/c1-20-16-8-12-6-7-21(17(22)14(12)9-15(16)18)13-4-2-11(10-19)3-5-13/h2-9,20H,10,19H2,1H3. The van der Waals surface area contributed by atoms with Crippen molar-refractivity contribution in [3.8, 4) is 5.69 Å². The molecule has 0 aliphatic carbocycles. The molecule has 0 saturated carbocycles. The first-order chi connectivity index (χ1) is 10.6. The zero-order valence-electron chi connectivity index (χ0n) is 12.1. The van der Waals surface area contributed by atoms with Gasteiger partial charge in [0.15, 0.2) is 0 Å². The minimum atomic E-state index is -0.441.